The molecular weight excluding hydrogens is 384 g/mol. The lowest BCUT2D eigenvalue weighted by Crippen LogP contribution is -3.14. The molecule has 29 heavy (non-hydrogen) atoms. The predicted molar refractivity (Wildman–Crippen MR) is 113 cm³/mol. The van der Waals surface area contributed by atoms with Crippen LogP contribution in [-0.4, -0.2) is 40.6 Å². The zero-order valence-corrected chi connectivity index (χ0v) is 17.8. The first-order valence-electron chi connectivity index (χ1n) is 10.9. The topological polar surface area (TPSA) is 66.7 Å². The number of para-hydroxylation sites is 1. The highest BCUT2D eigenvalue weighted by Gasteiger charge is 2.56. The number of thiazole rings is 1. The number of piperidine rings is 1. The van der Waals surface area contributed by atoms with Crippen LogP contribution in [0.5, 0.6) is 0 Å². The van der Waals surface area contributed by atoms with Crippen LogP contribution in [0.25, 0.3) is 10.2 Å². The average molecular weight is 414 g/mol. The summed E-state index contributed by atoms with van der Waals surface area (Å²) in [6.45, 7) is 3.53. The van der Waals surface area contributed by atoms with Crippen LogP contribution < -0.4 is 10.2 Å². The van der Waals surface area contributed by atoms with Gasteiger partial charge in [-0.2, -0.15) is 0 Å². The molecule has 7 heteroatoms. The van der Waals surface area contributed by atoms with Crippen molar-refractivity contribution in [3.8, 4) is 0 Å². The Bertz CT molecular complexity index is 911. The monoisotopic (exact) mass is 413 g/mol. The fourth-order valence-electron chi connectivity index (χ4n) is 5.45. The van der Waals surface area contributed by atoms with Crippen molar-refractivity contribution >= 4 is 33.5 Å². The van der Waals surface area contributed by atoms with Crippen LogP contribution in [0.2, 0.25) is 0 Å². The zero-order chi connectivity index (χ0) is 20.0. The number of urea groups is 1. The minimum atomic E-state index is -0.671. The number of imide groups is 1. The minimum absolute atomic E-state index is 0.00387. The lowest BCUT2D eigenvalue weighted by Gasteiger charge is -2.37. The van der Waals surface area contributed by atoms with Gasteiger partial charge < -0.3 is 10.2 Å². The van der Waals surface area contributed by atoms with E-state index in [4.69, 9.17) is 4.98 Å². The van der Waals surface area contributed by atoms with Crippen LogP contribution in [0, 0.1) is 5.92 Å². The van der Waals surface area contributed by atoms with Crippen LogP contribution in [0.1, 0.15) is 62.9 Å². The van der Waals surface area contributed by atoms with Gasteiger partial charge in [0.15, 0.2) is 11.7 Å². The van der Waals surface area contributed by atoms with Gasteiger partial charge in [0.1, 0.15) is 11.6 Å². The summed E-state index contributed by atoms with van der Waals surface area (Å²) in [5, 5.41) is 4.23. The average Bonchev–Trinajstić information content (AvgIpc) is 3.26. The number of hydrogen-bond donors (Lipinski definition) is 2. The van der Waals surface area contributed by atoms with E-state index in [2.05, 4.69) is 24.4 Å². The van der Waals surface area contributed by atoms with Crippen LogP contribution in [-0.2, 0) is 4.79 Å². The van der Waals surface area contributed by atoms with Crippen LogP contribution in [0.3, 0.4) is 0 Å². The Morgan fingerprint density at radius 3 is 2.86 bits per heavy atom. The van der Waals surface area contributed by atoms with E-state index in [0.717, 1.165) is 55.6 Å². The second-order valence-corrected chi connectivity index (χ2v) is 9.98. The van der Waals surface area contributed by atoms with Gasteiger partial charge in [-0.3, -0.25) is 4.79 Å². The molecule has 1 saturated carbocycles. The van der Waals surface area contributed by atoms with Gasteiger partial charge in [0.25, 0.3) is 5.91 Å². The molecule has 1 unspecified atom stereocenters. The maximum Gasteiger partial charge on any atom is 0.329 e. The minimum Gasteiger partial charge on any atom is -0.323 e. The van der Waals surface area contributed by atoms with E-state index >= 15 is 0 Å². The summed E-state index contributed by atoms with van der Waals surface area (Å²) < 4.78 is 1.21. The molecule has 3 fully saturated rings. The standard InChI is InChI=1S/C22H28N4O2S/c1-15-8-4-6-12-22(15)20(27)26(21(28)24-22)14-25-13-7-5-10-17(25)19-23-16-9-2-3-11-18(16)29-19/h2-3,9,11,15,17H,4-8,10,12-14H2,1H3,(H,24,28)/p+1/t15-,17+,22-/m0/s1. The molecule has 1 aromatic heterocycles. The summed E-state index contributed by atoms with van der Waals surface area (Å²) in [7, 11) is 0. The molecule has 1 spiro atoms. The Morgan fingerprint density at radius 2 is 2.03 bits per heavy atom. The van der Waals surface area contributed by atoms with Crippen molar-refractivity contribution in [2.75, 3.05) is 13.2 Å². The SMILES string of the molecule is C[C@H]1CCCC[C@]12NC(=O)N(C[NH+]1CCCC[C@@H]1c1nc3ccccc3s1)C2=O. The molecule has 154 valence electrons. The number of nitrogens with zero attached hydrogens (tertiary/aromatic N) is 2. The molecule has 1 aromatic carbocycles. The third-order valence-electron chi connectivity index (χ3n) is 7.20. The lowest BCUT2D eigenvalue weighted by molar-refractivity contribution is -0.943. The van der Waals surface area contributed by atoms with Crippen molar-refractivity contribution in [1.29, 1.82) is 0 Å². The Hall–Kier alpha value is -1.99. The number of likely N-dealkylation sites (tertiary alicyclic amines) is 1. The van der Waals surface area contributed by atoms with Gasteiger partial charge in [-0.05, 0) is 43.7 Å². The smallest absolute Gasteiger partial charge is 0.323 e. The molecule has 4 atom stereocenters. The van der Waals surface area contributed by atoms with E-state index in [1.807, 2.05) is 12.1 Å². The first-order valence-corrected chi connectivity index (χ1v) is 11.7. The van der Waals surface area contributed by atoms with Crippen molar-refractivity contribution in [3.05, 3.63) is 29.3 Å². The zero-order valence-electron chi connectivity index (χ0n) is 16.9. The molecule has 1 aliphatic carbocycles. The van der Waals surface area contributed by atoms with Crippen LogP contribution in [0.15, 0.2) is 24.3 Å². The molecule has 3 aliphatic rings. The fourth-order valence-corrected chi connectivity index (χ4v) is 6.61. The largest absolute Gasteiger partial charge is 0.329 e. The molecule has 0 bridgehead atoms. The van der Waals surface area contributed by atoms with Gasteiger partial charge in [-0.25, -0.2) is 14.7 Å². The van der Waals surface area contributed by atoms with Gasteiger partial charge >= 0.3 is 6.03 Å². The van der Waals surface area contributed by atoms with E-state index < -0.39 is 5.54 Å². The van der Waals surface area contributed by atoms with Crippen LogP contribution in [0.4, 0.5) is 4.79 Å². The Morgan fingerprint density at radius 1 is 1.21 bits per heavy atom. The van der Waals surface area contributed by atoms with Crippen molar-refractivity contribution in [1.82, 2.24) is 15.2 Å². The van der Waals surface area contributed by atoms with E-state index in [-0.39, 0.29) is 23.9 Å². The number of amides is 3. The molecule has 2 aliphatic heterocycles. The maximum absolute atomic E-state index is 13.4. The molecular formula is C22H29N4O2S+. The normalized spacial score (nSPS) is 32.9. The van der Waals surface area contributed by atoms with Gasteiger partial charge in [-0.1, -0.05) is 31.9 Å². The quantitative estimate of drug-likeness (QED) is 0.761. The van der Waals surface area contributed by atoms with Crippen molar-refractivity contribution < 1.29 is 14.5 Å². The Labute approximate surface area is 175 Å². The second kappa shape index (κ2) is 7.36. The molecule has 3 heterocycles. The van der Waals surface area contributed by atoms with Crippen molar-refractivity contribution in [2.45, 2.75) is 63.5 Å². The van der Waals surface area contributed by atoms with Gasteiger partial charge in [0, 0.05) is 6.42 Å². The molecule has 2 saturated heterocycles. The van der Waals surface area contributed by atoms with Gasteiger partial charge in [0.05, 0.1) is 16.8 Å². The first kappa shape index (κ1) is 19.0. The van der Waals surface area contributed by atoms with Crippen LogP contribution >= 0.6 is 11.3 Å². The Balaban J connectivity index is 1.39. The van der Waals surface area contributed by atoms with Crippen molar-refractivity contribution in [3.63, 3.8) is 0 Å². The number of aromatic nitrogens is 1. The summed E-state index contributed by atoms with van der Waals surface area (Å²) in [4.78, 5) is 33.9. The number of carbonyl (C=O) groups excluding carboxylic acids is 2. The summed E-state index contributed by atoms with van der Waals surface area (Å²) in [6, 6.07) is 8.30. The molecule has 2 aromatic rings. The Kier molecular flexibility index (Phi) is 4.82. The van der Waals surface area contributed by atoms with Gasteiger partial charge in [0.2, 0.25) is 0 Å². The molecule has 5 rings (SSSR count). The molecule has 0 radical (unpaired) electrons. The third kappa shape index (κ3) is 3.15. The summed E-state index contributed by atoms with van der Waals surface area (Å²) in [5.41, 5.74) is 0.373. The number of hydrogen-bond acceptors (Lipinski definition) is 4. The van der Waals surface area contributed by atoms with Gasteiger partial charge in [-0.15, -0.1) is 11.3 Å². The maximum atomic E-state index is 13.4. The fraction of sp³-hybridized carbons (Fsp3) is 0.591. The highest BCUT2D eigenvalue weighted by Crippen LogP contribution is 2.38. The third-order valence-corrected chi connectivity index (χ3v) is 8.35. The van der Waals surface area contributed by atoms with E-state index in [1.54, 1.807) is 11.3 Å². The van der Waals surface area contributed by atoms with Crippen molar-refractivity contribution in [2.24, 2.45) is 5.92 Å². The lowest BCUT2D eigenvalue weighted by atomic mass is 9.73. The highest BCUT2D eigenvalue weighted by molar-refractivity contribution is 7.18. The molecule has 3 amide bonds. The first-order chi connectivity index (χ1) is 14.1. The summed E-state index contributed by atoms with van der Waals surface area (Å²) in [5.74, 6) is 0.199. The molecule has 6 nitrogen and oxygen atoms in total. The highest BCUT2D eigenvalue weighted by atomic mass is 32.1. The number of fused-ring (bicyclic) bond motifs is 1. The number of rotatable bonds is 3. The van der Waals surface area contributed by atoms with E-state index in [1.165, 1.54) is 20.9 Å². The summed E-state index contributed by atoms with van der Waals surface area (Å²) >= 11 is 1.75. The number of benzene rings is 1. The number of carbonyl (C=O) groups is 2. The number of quaternary nitrogens is 1. The number of nitrogens with one attached hydrogen (secondary N) is 2. The second-order valence-electron chi connectivity index (χ2n) is 8.92. The van der Waals surface area contributed by atoms with E-state index in [9.17, 15) is 9.59 Å². The predicted octanol–water partition coefficient (Wildman–Crippen LogP) is 2.86. The summed E-state index contributed by atoms with van der Waals surface area (Å²) in [6.07, 6.45) is 7.28. The van der Waals surface area contributed by atoms with E-state index in [0.29, 0.717) is 6.67 Å². The molecule has 2 N–H and O–H groups in total.